The summed E-state index contributed by atoms with van der Waals surface area (Å²) in [4.78, 5) is 14.5. The fourth-order valence-electron chi connectivity index (χ4n) is 2.12. The third-order valence-corrected chi connectivity index (χ3v) is 4.64. The number of halogens is 2. The molecule has 1 amide bonds. The van der Waals surface area contributed by atoms with E-state index in [1.165, 1.54) is 0 Å². The van der Waals surface area contributed by atoms with Gasteiger partial charge in [0.15, 0.2) is 0 Å². The molecule has 3 nitrogen and oxygen atoms in total. The largest absolute Gasteiger partial charge is 0.508 e. The van der Waals surface area contributed by atoms with Crippen LogP contribution in [0.25, 0.3) is 0 Å². The van der Waals surface area contributed by atoms with Gasteiger partial charge < -0.3 is 10.0 Å². The van der Waals surface area contributed by atoms with Crippen LogP contribution >= 0.6 is 38.5 Å². The molecule has 0 fully saturated rings. The molecule has 0 bridgehead atoms. The van der Waals surface area contributed by atoms with E-state index in [4.69, 9.17) is 0 Å². The lowest BCUT2D eigenvalue weighted by Gasteiger charge is -2.24. The van der Waals surface area contributed by atoms with Crippen LogP contribution in [0.3, 0.4) is 0 Å². The average molecular weight is 460 g/mol. The van der Waals surface area contributed by atoms with Crippen molar-refractivity contribution < 1.29 is 9.90 Å². The van der Waals surface area contributed by atoms with Crippen molar-refractivity contribution in [3.63, 3.8) is 0 Å². The lowest BCUT2D eigenvalue weighted by molar-refractivity contribution is 0.0987. The first kappa shape index (κ1) is 16.3. The van der Waals surface area contributed by atoms with Gasteiger partial charge in [-0.15, -0.1) is 0 Å². The lowest BCUT2D eigenvalue weighted by Crippen LogP contribution is -2.31. The van der Waals surface area contributed by atoms with E-state index in [2.05, 4.69) is 38.5 Å². The molecule has 0 saturated heterocycles. The van der Waals surface area contributed by atoms with Crippen molar-refractivity contribution in [3.05, 3.63) is 55.6 Å². The minimum absolute atomic E-state index is 0.0723. The minimum Gasteiger partial charge on any atom is -0.508 e. The minimum atomic E-state index is -0.0723. The van der Waals surface area contributed by atoms with E-state index in [1.807, 2.05) is 38.1 Å². The van der Waals surface area contributed by atoms with E-state index in [0.29, 0.717) is 12.1 Å². The molecule has 0 aliphatic heterocycles. The molecule has 1 N–H and O–H groups in total. The summed E-state index contributed by atoms with van der Waals surface area (Å²) in [6.45, 7) is 4.38. The number of carbonyl (C=O) groups is 1. The van der Waals surface area contributed by atoms with Crippen LogP contribution in [0.15, 0.2) is 40.9 Å². The molecular weight excluding hydrogens is 445 g/mol. The molecule has 0 unspecified atom stereocenters. The van der Waals surface area contributed by atoms with Gasteiger partial charge in [0.1, 0.15) is 5.75 Å². The molecule has 0 aliphatic rings. The Labute approximate surface area is 146 Å². The second kappa shape index (κ2) is 6.79. The summed E-state index contributed by atoms with van der Waals surface area (Å²) in [7, 11) is 0. The number of hydrogen-bond acceptors (Lipinski definition) is 2. The summed E-state index contributed by atoms with van der Waals surface area (Å²) in [5, 5.41) is 9.69. The molecule has 0 radical (unpaired) electrons. The van der Waals surface area contributed by atoms with E-state index in [1.54, 1.807) is 17.0 Å². The Morgan fingerprint density at radius 1 is 1.29 bits per heavy atom. The van der Waals surface area contributed by atoms with Crippen LogP contribution in [0.2, 0.25) is 0 Å². The first-order valence-corrected chi connectivity index (χ1v) is 8.37. The molecule has 0 atom stereocenters. The zero-order valence-electron chi connectivity index (χ0n) is 11.7. The molecule has 110 valence electrons. The highest BCUT2D eigenvalue weighted by molar-refractivity contribution is 14.1. The number of phenolic OH excluding ortho intramolecular Hbond substituents is 1. The summed E-state index contributed by atoms with van der Waals surface area (Å²) < 4.78 is 1.77. The van der Waals surface area contributed by atoms with Crippen molar-refractivity contribution in [2.75, 3.05) is 11.4 Å². The summed E-state index contributed by atoms with van der Waals surface area (Å²) in [6.07, 6.45) is 0. The van der Waals surface area contributed by atoms with E-state index in [9.17, 15) is 9.90 Å². The molecule has 0 heterocycles. The maximum Gasteiger partial charge on any atom is 0.259 e. The van der Waals surface area contributed by atoms with Gasteiger partial charge in [-0.25, -0.2) is 0 Å². The summed E-state index contributed by atoms with van der Waals surface area (Å²) in [6, 6.07) is 10.7. The number of phenols is 1. The maximum atomic E-state index is 12.8. The van der Waals surface area contributed by atoms with Crippen LogP contribution in [0.4, 0.5) is 5.69 Å². The number of aryl methyl sites for hydroxylation is 1. The predicted molar refractivity (Wildman–Crippen MR) is 97.1 cm³/mol. The standard InChI is InChI=1S/C16H15BrINO2/c1-3-19(15-9-12(20)6-4-10(15)2)16(21)13-8-11(17)5-7-14(13)18/h4-9,20H,3H2,1-2H3. The van der Waals surface area contributed by atoms with Gasteiger partial charge in [0, 0.05) is 20.7 Å². The highest BCUT2D eigenvalue weighted by atomic mass is 127. The number of amides is 1. The van der Waals surface area contributed by atoms with Crippen molar-refractivity contribution in [1.29, 1.82) is 0 Å². The fourth-order valence-corrected chi connectivity index (χ4v) is 3.05. The van der Waals surface area contributed by atoms with Crippen molar-refractivity contribution in [2.24, 2.45) is 0 Å². The number of nitrogens with zero attached hydrogens (tertiary/aromatic N) is 1. The van der Waals surface area contributed by atoms with E-state index < -0.39 is 0 Å². The second-order valence-electron chi connectivity index (χ2n) is 4.64. The Bertz CT molecular complexity index is 688. The number of anilines is 1. The van der Waals surface area contributed by atoms with E-state index in [0.717, 1.165) is 19.3 Å². The Morgan fingerprint density at radius 2 is 2.00 bits per heavy atom. The molecule has 2 rings (SSSR count). The molecule has 21 heavy (non-hydrogen) atoms. The molecule has 2 aromatic carbocycles. The van der Waals surface area contributed by atoms with Gasteiger partial charge in [-0.05, 0) is 66.3 Å². The number of aromatic hydroxyl groups is 1. The Balaban J connectivity index is 2.48. The predicted octanol–water partition coefficient (Wildman–Crippen LogP) is 4.73. The van der Waals surface area contributed by atoms with Crippen LogP contribution < -0.4 is 4.90 Å². The normalized spacial score (nSPS) is 10.5. The average Bonchev–Trinajstić information content (AvgIpc) is 2.46. The van der Waals surface area contributed by atoms with Crippen LogP contribution in [-0.2, 0) is 0 Å². The smallest absolute Gasteiger partial charge is 0.259 e. The Morgan fingerprint density at radius 3 is 2.67 bits per heavy atom. The van der Waals surface area contributed by atoms with Gasteiger partial charge in [-0.1, -0.05) is 22.0 Å². The highest BCUT2D eigenvalue weighted by Gasteiger charge is 2.20. The Kier molecular flexibility index (Phi) is 5.27. The Hall–Kier alpha value is -1.08. The summed E-state index contributed by atoms with van der Waals surface area (Å²) in [5.41, 5.74) is 2.33. The SMILES string of the molecule is CCN(C(=O)c1cc(Br)ccc1I)c1cc(O)ccc1C. The summed E-state index contributed by atoms with van der Waals surface area (Å²) in [5.74, 6) is 0.0858. The third kappa shape index (κ3) is 3.58. The molecule has 0 aliphatic carbocycles. The van der Waals surface area contributed by atoms with Crippen molar-refractivity contribution >= 4 is 50.1 Å². The number of hydrogen-bond donors (Lipinski definition) is 1. The van der Waals surface area contributed by atoms with Crippen molar-refractivity contribution in [3.8, 4) is 5.75 Å². The molecule has 0 spiro atoms. The third-order valence-electron chi connectivity index (χ3n) is 3.20. The first-order valence-electron chi connectivity index (χ1n) is 6.50. The zero-order chi connectivity index (χ0) is 15.6. The van der Waals surface area contributed by atoms with Gasteiger partial charge in [-0.3, -0.25) is 4.79 Å². The van der Waals surface area contributed by atoms with Crippen LogP contribution in [-0.4, -0.2) is 17.6 Å². The van der Waals surface area contributed by atoms with Gasteiger partial charge >= 0.3 is 0 Å². The molecule has 0 aromatic heterocycles. The van der Waals surface area contributed by atoms with Crippen molar-refractivity contribution in [1.82, 2.24) is 0 Å². The first-order chi connectivity index (χ1) is 9.93. The highest BCUT2D eigenvalue weighted by Crippen LogP contribution is 2.28. The maximum absolute atomic E-state index is 12.8. The second-order valence-corrected chi connectivity index (χ2v) is 6.72. The van der Waals surface area contributed by atoms with Gasteiger partial charge in [0.05, 0.1) is 11.3 Å². The van der Waals surface area contributed by atoms with Crippen LogP contribution in [0.5, 0.6) is 5.75 Å². The molecule has 5 heteroatoms. The molecule has 0 saturated carbocycles. The van der Waals surface area contributed by atoms with Gasteiger partial charge in [-0.2, -0.15) is 0 Å². The molecular formula is C16H15BrINO2. The fraction of sp³-hybridized carbons (Fsp3) is 0.188. The summed E-state index contributed by atoms with van der Waals surface area (Å²) >= 11 is 5.56. The van der Waals surface area contributed by atoms with E-state index in [-0.39, 0.29) is 11.7 Å². The number of benzene rings is 2. The topological polar surface area (TPSA) is 40.5 Å². The quantitative estimate of drug-likeness (QED) is 0.673. The van der Waals surface area contributed by atoms with E-state index >= 15 is 0 Å². The van der Waals surface area contributed by atoms with Crippen molar-refractivity contribution in [2.45, 2.75) is 13.8 Å². The lowest BCUT2D eigenvalue weighted by atomic mass is 10.1. The zero-order valence-corrected chi connectivity index (χ0v) is 15.5. The number of carbonyl (C=O) groups excluding carboxylic acids is 1. The van der Waals surface area contributed by atoms with Crippen LogP contribution in [0, 0.1) is 10.5 Å². The van der Waals surface area contributed by atoms with Gasteiger partial charge in [0.2, 0.25) is 0 Å². The van der Waals surface area contributed by atoms with Gasteiger partial charge in [0.25, 0.3) is 5.91 Å². The molecule has 2 aromatic rings. The number of rotatable bonds is 3. The van der Waals surface area contributed by atoms with Crippen LogP contribution in [0.1, 0.15) is 22.8 Å². The monoisotopic (exact) mass is 459 g/mol.